The largest absolute Gasteiger partial charge is 0.416 e. The van der Waals surface area contributed by atoms with Crippen molar-refractivity contribution in [3.8, 4) is 6.07 Å². The van der Waals surface area contributed by atoms with E-state index in [0.29, 0.717) is 22.3 Å². The summed E-state index contributed by atoms with van der Waals surface area (Å²) in [5.74, 6) is -1.76. The van der Waals surface area contributed by atoms with Crippen molar-refractivity contribution in [1.82, 2.24) is 10.3 Å². The summed E-state index contributed by atoms with van der Waals surface area (Å²) in [6.45, 7) is 0.00393. The molecule has 0 radical (unpaired) electrons. The molecule has 1 atom stereocenters. The molecule has 0 aliphatic carbocycles. The summed E-state index contributed by atoms with van der Waals surface area (Å²) in [6.07, 6.45) is -3.34. The van der Waals surface area contributed by atoms with Gasteiger partial charge in [-0.3, -0.25) is 10.3 Å². The third kappa shape index (κ3) is 5.96. The molecule has 1 heterocycles. The van der Waals surface area contributed by atoms with Crippen LogP contribution < -0.4 is 5.32 Å². The van der Waals surface area contributed by atoms with E-state index in [-0.39, 0.29) is 24.1 Å². The van der Waals surface area contributed by atoms with Gasteiger partial charge in [0.1, 0.15) is 17.7 Å². The standard InChI is InChI=1S/C28H19ClF5N3/c29-23-7-9-26(36-17-23)27(14-18-4-2-1-3-5-18,21-11-22(28(32,33)34)13-24(30)12-21)37-16-19-6-8-25(31)20(10-19)15-35/h1-13,17,37H,14,16H2/t27-/m0/s1. The summed E-state index contributed by atoms with van der Waals surface area (Å²) in [6, 6.07) is 20.1. The molecule has 0 saturated carbocycles. The minimum atomic E-state index is -4.79. The molecule has 1 N–H and O–H groups in total. The Hall–Kier alpha value is -3.80. The number of halogens is 6. The average molecular weight is 528 g/mol. The molecule has 3 aromatic carbocycles. The van der Waals surface area contributed by atoms with Gasteiger partial charge in [-0.2, -0.15) is 18.4 Å². The van der Waals surface area contributed by atoms with Crippen LogP contribution in [-0.2, 0) is 24.7 Å². The van der Waals surface area contributed by atoms with Gasteiger partial charge in [0.25, 0.3) is 0 Å². The lowest BCUT2D eigenvalue weighted by molar-refractivity contribution is -0.137. The van der Waals surface area contributed by atoms with Crippen LogP contribution in [0, 0.1) is 23.0 Å². The molecule has 0 unspecified atom stereocenters. The van der Waals surface area contributed by atoms with Gasteiger partial charge < -0.3 is 0 Å². The normalized spacial score (nSPS) is 13.1. The predicted octanol–water partition coefficient (Wildman–Crippen LogP) is 7.18. The maximum absolute atomic E-state index is 14.7. The van der Waals surface area contributed by atoms with E-state index in [2.05, 4.69) is 10.3 Å². The molecule has 4 rings (SSSR count). The summed E-state index contributed by atoms with van der Waals surface area (Å²) in [5.41, 5.74) is -1.27. The van der Waals surface area contributed by atoms with Gasteiger partial charge in [0.2, 0.25) is 0 Å². The van der Waals surface area contributed by atoms with E-state index in [9.17, 15) is 27.2 Å². The molecule has 0 aliphatic heterocycles. The minimum absolute atomic E-state index is 0.00393. The maximum Gasteiger partial charge on any atom is 0.416 e. The molecule has 0 amide bonds. The van der Waals surface area contributed by atoms with Crippen molar-refractivity contribution in [2.75, 3.05) is 0 Å². The molecule has 0 fully saturated rings. The fourth-order valence-corrected chi connectivity index (χ4v) is 4.26. The molecule has 188 valence electrons. The van der Waals surface area contributed by atoms with Gasteiger partial charge in [-0.1, -0.05) is 48.0 Å². The van der Waals surface area contributed by atoms with Crippen molar-refractivity contribution in [3.05, 3.63) is 135 Å². The zero-order valence-electron chi connectivity index (χ0n) is 19.2. The summed E-state index contributed by atoms with van der Waals surface area (Å²) in [7, 11) is 0. The lowest BCUT2D eigenvalue weighted by Crippen LogP contribution is -2.46. The maximum atomic E-state index is 14.7. The van der Waals surface area contributed by atoms with Crippen LogP contribution in [0.3, 0.4) is 0 Å². The second-order valence-corrected chi connectivity index (χ2v) is 8.87. The highest BCUT2D eigenvalue weighted by molar-refractivity contribution is 6.30. The number of nitriles is 1. The van der Waals surface area contributed by atoms with Gasteiger partial charge in [0.15, 0.2) is 0 Å². The second kappa shape index (κ2) is 10.7. The van der Waals surface area contributed by atoms with Gasteiger partial charge in [-0.05, 0) is 59.2 Å². The van der Waals surface area contributed by atoms with Crippen LogP contribution in [0.15, 0.2) is 85.1 Å². The molecule has 0 saturated heterocycles. The van der Waals surface area contributed by atoms with Crippen LogP contribution in [0.25, 0.3) is 0 Å². The van der Waals surface area contributed by atoms with Crippen molar-refractivity contribution in [2.24, 2.45) is 0 Å². The predicted molar refractivity (Wildman–Crippen MR) is 130 cm³/mol. The quantitative estimate of drug-likeness (QED) is 0.259. The average Bonchev–Trinajstić information content (AvgIpc) is 2.87. The van der Waals surface area contributed by atoms with Gasteiger partial charge >= 0.3 is 6.18 Å². The van der Waals surface area contributed by atoms with E-state index in [1.807, 2.05) is 0 Å². The zero-order chi connectivity index (χ0) is 26.6. The second-order valence-electron chi connectivity index (χ2n) is 8.44. The molecular formula is C28H19ClF5N3. The van der Waals surface area contributed by atoms with Crippen LogP contribution in [0.5, 0.6) is 0 Å². The van der Waals surface area contributed by atoms with Gasteiger partial charge in [0, 0.05) is 19.2 Å². The first-order valence-electron chi connectivity index (χ1n) is 11.1. The van der Waals surface area contributed by atoms with Crippen LogP contribution in [0.2, 0.25) is 5.02 Å². The Morgan fingerprint density at radius 1 is 0.865 bits per heavy atom. The van der Waals surface area contributed by atoms with Crippen LogP contribution in [0.1, 0.15) is 33.5 Å². The molecule has 3 nitrogen and oxygen atoms in total. The van der Waals surface area contributed by atoms with Crippen molar-refractivity contribution in [2.45, 2.75) is 24.7 Å². The Labute approximate surface area is 215 Å². The Bertz CT molecular complexity index is 1430. The van der Waals surface area contributed by atoms with E-state index in [1.165, 1.54) is 18.3 Å². The van der Waals surface area contributed by atoms with E-state index in [4.69, 9.17) is 11.6 Å². The summed E-state index contributed by atoms with van der Waals surface area (Å²) in [5, 5.41) is 12.8. The molecule has 0 spiro atoms. The van der Waals surface area contributed by atoms with Crippen molar-refractivity contribution in [1.29, 1.82) is 5.26 Å². The molecule has 4 aromatic rings. The number of alkyl halides is 3. The highest BCUT2D eigenvalue weighted by Crippen LogP contribution is 2.38. The number of aromatic nitrogens is 1. The number of rotatable bonds is 7. The number of nitrogens with zero attached hydrogens (tertiary/aromatic N) is 2. The number of nitrogens with one attached hydrogen (secondary N) is 1. The Morgan fingerprint density at radius 2 is 1.59 bits per heavy atom. The third-order valence-corrected chi connectivity index (χ3v) is 6.16. The first-order valence-corrected chi connectivity index (χ1v) is 11.5. The van der Waals surface area contributed by atoms with E-state index >= 15 is 0 Å². The minimum Gasteiger partial charge on any atom is -0.298 e. The zero-order valence-corrected chi connectivity index (χ0v) is 19.9. The van der Waals surface area contributed by atoms with E-state index in [0.717, 1.165) is 23.8 Å². The monoisotopic (exact) mass is 527 g/mol. The first-order chi connectivity index (χ1) is 17.6. The van der Waals surface area contributed by atoms with Crippen LogP contribution in [-0.4, -0.2) is 4.98 Å². The van der Waals surface area contributed by atoms with Gasteiger partial charge in [-0.15, -0.1) is 0 Å². The van der Waals surface area contributed by atoms with Crippen LogP contribution in [0.4, 0.5) is 22.0 Å². The fourth-order valence-electron chi connectivity index (χ4n) is 4.15. The Balaban J connectivity index is 1.93. The van der Waals surface area contributed by atoms with Crippen molar-refractivity contribution >= 4 is 11.6 Å². The van der Waals surface area contributed by atoms with E-state index in [1.54, 1.807) is 48.5 Å². The molecular weight excluding hydrogens is 509 g/mol. The molecule has 0 bridgehead atoms. The van der Waals surface area contributed by atoms with Crippen molar-refractivity contribution in [3.63, 3.8) is 0 Å². The highest BCUT2D eigenvalue weighted by Gasteiger charge is 2.39. The highest BCUT2D eigenvalue weighted by atomic mass is 35.5. The topological polar surface area (TPSA) is 48.7 Å². The number of pyridine rings is 1. The summed E-state index contributed by atoms with van der Waals surface area (Å²) >= 11 is 6.04. The number of benzene rings is 3. The molecule has 0 aliphatic rings. The molecule has 37 heavy (non-hydrogen) atoms. The van der Waals surface area contributed by atoms with Crippen molar-refractivity contribution < 1.29 is 22.0 Å². The fraction of sp³-hybridized carbons (Fsp3) is 0.143. The van der Waals surface area contributed by atoms with E-state index < -0.39 is 28.9 Å². The lowest BCUT2D eigenvalue weighted by atomic mass is 9.79. The number of hydrogen-bond acceptors (Lipinski definition) is 3. The Morgan fingerprint density at radius 3 is 2.24 bits per heavy atom. The van der Waals surface area contributed by atoms with Crippen LogP contribution >= 0.6 is 11.6 Å². The SMILES string of the molecule is N#Cc1cc(CN[C@@](Cc2ccccc2)(c2cc(F)cc(C(F)(F)F)c2)c2ccc(Cl)cn2)ccc1F. The molecule has 1 aromatic heterocycles. The summed E-state index contributed by atoms with van der Waals surface area (Å²) < 4.78 is 69.7. The van der Waals surface area contributed by atoms with Gasteiger partial charge in [0.05, 0.1) is 27.4 Å². The lowest BCUT2D eigenvalue weighted by Gasteiger charge is -2.36. The molecule has 9 heteroatoms. The Kier molecular flexibility index (Phi) is 7.58. The number of hydrogen-bond donors (Lipinski definition) is 1. The summed E-state index contributed by atoms with van der Waals surface area (Å²) in [4.78, 5) is 4.39. The smallest absolute Gasteiger partial charge is 0.298 e. The third-order valence-electron chi connectivity index (χ3n) is 5.94. The van der Waals surface area contributed by atoms with Gasteiger partial charge in [-0.25, -0.2) is 8.78 Å². The first kappa shape index (κ1) is 26.3.